The Hall–Kier alpha value is -5.16. The van der Waals surface area contributed by atoms with E-state index in [-0.39, 0.29) is 92.5 Å². The van der Waals surface area contributed by atoms with Crippen LogP contribution in [0.25, 0.3) is 27.6 Å². The van der Waals surface area contributed by atoms with Crippen LogP contribution in [0.5, 0.6) is 0 Å². The van der Waals surface area contributed by atoms with Crippen LogP contribution in [0.1, 0.15) is 115 Å². The van der Waals surface area contributed by atoms with Crippen molar-refractivity contribution in [3.63, 3.8) is 0 Å². The molecule has 6 aromatic rings. The van der Waals surface area contributed by atoms with E-state index >= 15 is 13.6 Å². The summed E-state index contributed by atoms with van der Waals surface area (Å²) in [5.74, 6) is -12.8. The first-order valence-corrected chi connectivity index (χ1v) is 25.1. The van der Waals surface area contributed by atoms with Crippen LogP contribution in [0.4, 0.5) is 40.9 Å². The van der Waals surface area contributed by atoms with Gasteiger partial charge in [-0.15, -0.1) is 0 Å². The number of alkyl halides is 7. The number of nitrogens with zero attached hydrogens (tertiary/aromatic N) is 7. The molecular weight excluding hydrogens is 1020 g/mol. The minimum atomic E-state index is -3.98. The van der Waals surface area contributed by atoms with Crippen LogP contribution in [0.2, 0.25) is 5.02 Å². The summed E-state index contributed by atoms with van der Waals surface area (Å²) in [6.45, 7) is -0.955. The first-order valence-electron chi connectivity index (χ1n) is 21.7. The van der Waals surface area contributed by atoms with E-state index in [1.165, 1.54) is 16.8 Å². The number of hydrogen-bond acceptors (Lipinski definition) is 8. The third-order valence-electron chi connectivity index (χ3n) is 13.2. The molecule has 0 bridgehead atoms. The van der Waals surface area contributed by atoms with E-state index < -0.39 is 112 Å². The molecular formula is C44H39BrClF8N9O4S. The van der Waals surface area contributed by atoms with E-state index in [0.717, 1.165) is 23.0 Å². The smallest absolute Gasteiger partial charge is 0.293 e. The summed E-state index contributed by atoms with van der Waals surface area (Å²) < 4.78 is 149. The molecule has 4 aliphatic rings. The monoisotopic (exact) mass is 1060 g/mol. The highest BCUT2D eigenvalue weighted by Gasteiger charge is 2.67. The maximum Gasteiger partial charge on any atom is 0.293 e. The molecule has 24 heteroatoms. The lowest BCUT2D eigenvalue weighted by molar-refractivity contribution is -0.123. The quantitative estimate of drug-likeness (QED) is 0.0807. The van der Waals surface area contributed by atoms with Gasteiger partial charge in [0.25, 0.3) is 17.9 Å². The number of aromatic nitrogens is 7. The van der Waals surface area contributed by atoms with Crippen molar-refractivity contribution in [2.45, 2.75) is 107 Å². The van der Waals surface area contributed by atoms with Gasteiger partial charge in [0, 0.05) is 53.8 Å². The average Bonchev–Trinajstić information content (AvgIpc) is 4.16. The van der Waals surface area contributed by atoms with Crippen molar-refractivity contribution >= 4 is 71.2 Å². The molecule has 3 fully saturated rings. The number of nitrogens with one attached hydrogen (secondary N) is 2. The molecule has 1 amide bonds. The maximum absolute atomic E-state index is 15.7. The third-order valence-corrected chi connectivity index (χ3v) is 14.4. The van der Waals surface area contributed by atoms with Crippen LogP contribution < -0.4 is 15.6 Å². The normalized spacial score (nSPS) is 20.2. The summed E-state index contributed by atoms with van der Waals surface area (Å²) in [5.41, 5.74) is -1.97. The van der Waals surface area contributed by atoms with Gasteiger partial charge < -0.3 is 5.32 Å². The Morgan fingerprint density at radius 3 is 2.31 bits per heavy atom. The predicted octanol–water partition coefficient (Wildman–Crippen LogP) is 9.44. The van der Waals surface area contributed by atoms with Gasteiger partial charge in [0.05, 0.1) is 45.8 Å². The largest absolute Gasteiger partial charge is 0.344 e. The number of benzene rings is 2. The Morgan fingerprint density at radius 2 is 1.66 bits per heavy atom. The Bertz CT molecular complexity index is 3220. The van der Waals surface area contributed by atoms with Gasteiger partial charge >= 0.3 is 0 Å². The maximum atomic E-state index is 15.7. The van der Waals surface area contributed by atoms with Crippen molar-refractivity contribution < 1.29 is 48.3 Å². The number of hydrogen-bond donors (Lipinski definition) is 2. The molecule has 0 aliphatic heterocycles. The summed E-state index contributed by atoms with van der Waals surface area (Å²) in [7, 11) is -3.98. The Balaban J connectivity index is 1.21. The van der Waals surface area contributed by atoms with Crippen molar-refractivity contribution in [2.75, 3.05) is 16.3 Å². The highest BCUT2D eigenvalue weighted by Crippen LogP contribution is 2.68. The van der Waals surface area contributed by atoms with Gasteiger partial charge in [-0.1, -0.05) is 27.5 Å². The second kappa shape index (κ2) is 16.8. The van der Waals surface area contributed by atoms with Crippen molar-refractivity contribution in [2.24, 2.45) is 5.92 Å². The molecule has 2 aromatic carbocycles. The molecule has 13 nitrogen and oxygen atoms in total. The van der Waals surface area contributed by atoms with Crippen LogP contribution in [0, 0.1) is 17.6 Å². The minimum Gasteiger partial charge on any atom is -0.344 e. The zero-order valence-corrected chi connectivity index (χ0v) is 38.8. The van der Waals surface area contributed by atoms with Gasteiger partial charge in [-0.3, -0.25) is 28.2 Å². The van der Waals surface area contributed by atoms with E-state index in [1.54, 1.807) is 6.07 Å². The molecule has 3 saturated carbocycles. The number of halogens is 10. The van der Waals surface area contributed by atoms with Crippen LogP contribution in [-0.4, -0.2) is 65.9 Å². The molecule has 4 heterocycles. The van der Waals surface area contributed by atoms with Gasteiger partial charge in [-0.05, 0) is 85.4 Å². The summed E-state index contributed by atoms with van der Waals surface area (Å²) in [6.07, 6.45) is -2.19. The van der Waals surface area contributed by atoms with Crippen LogP contribution >= 0.6 is 27.5 Å². The number of pyridine rings is 1. The summed E-state index contributed by atoms with van der Waals surface area (Å²) in [4.78, 5) is 39.7. The van der Waals surface area contributed by atoms with E-state index in [1.807, 2.05) is 0 Å². The van der Waals surface area contributed by atoms with Gasteiger partial charge in [0.1, 0.15) is 35.4 Å². The van der Waals surface area contributed by atoms with Crippen molar-refractivity contribution in [3.8, 4) is 5.69 Å². The van der Waals surface area contributed by atoms with Crippen LogP contribution in [0.3, 0.4) is 0 Å². The van der Waals surface area contributed by atoms with Gasteiger partial charge in [-0.25, -0.2) is 44.7 Å². The first-order chi connectivity index (χ1) is 32.1. The number of carbonyl (C=O) groups excluding carboxylic acids is 1. The highest BCUT2D eigenvalue weighted by molar-refractivity contribution is 9.09. The molecule has 3 atom stereocenters. The lowest BCUT2D eigenvalue weighted by atomic mass is 9.84. The molecule has 4 aromatic heterocycles. The van der Waals surface area contributed by atoms with Crippen molar-refractivity contribution in [1.82, 2.24) is 39.4 Å². The van der Waals surface area contributed by atoms with Crippen LogP contribution in [-0.2, 0) is 40.3 Å². The van der Waals surface area contributed by atoms with E-state index in [2.05, 4.69) is 36.2 Å². The van der Waals surface area contributed by atoms with E-state index in [4.69, 9.17) is 21.6 Å². The standard InChI is InChI=1S/C44H39BrClF8N9O4S/c1-68(66,67)60-40-34-27(46)4-5-30(36(34)61(59-40)11-10-45)63-41(57-39-33(42(63)65)24(20-2-3-20)17-28(56-39)21-6-8-43(51,52)9-7-21)29(14-19-12-22(47)15-23(48)13-19)55-31(64)18-62-37-32(35(58-62)38(49)50)25-16-26(25)44(37,53)54/h4-5,12-13,15,17,20-21,25-26,29,38H,2-3,6-11,14,16,18H2,1H3,(H,55,64)(H,59,60)/t25-,26+,29-/m0/s1. The molecule has 0 saturated heterocycles. The lowest BCUT2D eigenvalue weighted by Gasteiger charge is -2.28. The van der Waals surface area contributed by atoms with Crippen molar-refractivity contribution in [3.05, 3.63) is 103 Å². The van der Waals surface area contributed by atoms with Crippen molar-refractivity contribution in [1.29, 1.82) is 0 Å². The van der Waals surface area contributed by atoms with E-state index in [0.29, 0.717) is 34.8 Å². The fraction of sp³-hybridized carbons (Fsp3) is 0.455. The third kappa shape index (κ3) is 8.42. The Morgan fingerprint density at radius 1 is 0.956 bits per heavy atom. The lowest BCUT2D eigenvalue weighted by Crippen LogP contribution is -2.38. The fourth-order valence-electron chi connectivity index (χ4n) is 10.0. The number of anilines is 1. The van der Waals surface area contributed by atoms with Gasteiger partial charge in [0.2, 0.25) is 21.9 Å². The second-order valence-corrected chi connectivity index (χ2v) is 21.0. The summed E-state index contributed by atoms with van der Waals surface area (Å²) >= 11 is 10.1. The fourth-order valence-corrected chi connectivity index (χ4v) is 11.1. The average molecular weight is 1060 g/mol. The zero-order chi connectivity index (χ0) is 48.4. The number of fused-ring (bicyclic) bond motifs is 5. The SMILES string of the molecule is CS(=O)(=O)Nc1nn(CCBr)c2c(-n3c([C@H](Cc4cc(F)cc(F)c4)NC(=O)Cn4nc(C(F)F)c5c4C(F)(F)[C@@H]4C[C@H]54)nc4nc(C5CCC(F)(F)CC5)cc(C5CC5)c4c3=O)ccc(Cl)c12. The minimum absolute atomic E-state index is 0.00607. The topological polar surface area (TPSA) is 159 Å². The number of sulfonamides is 1. The first kappa shape index (κ1) is 46.6. The zero-order valence-electron chi connectivity index (χ0n) is 35.7. The highest BCUT2D eigenvalue weighted by atomic mass is 79.9. The number of amides is 1. The molecule has 360 valence electrons. The Labute approximate surface area is 394 Å². The summed E-state index contributed by atoms with van der Waals surface area (Å²) in [6, 6.07) is 5.44. The molecule has 0 radical (unpaired) electrons. The van der Waals surface area contributed by atoms with Crippen LogP contribution in [0.15, 0.2) is 41.2 Å². The molecule has 2 N–H and O–H groups in total. The number of rotatable bonds is 14. The molecule has 4 aliphatic carbocycles. The molecule has 0 spiro atoms. The van der Waals surface area contributed by atoms with E-state index in [9.17, 15) is 39.6 Å². The molecule has 68 heavy (non-hydrogen) atoms. The van der Waals surface area contributed by atoms with Gasteiger partial charge in [-0.2, -0.15) is 19.0 Å². The predicted molar refractivity (Wildman–Crippen MR) is 237 cm³/mol. The number of carbonyl (C=O) groups is 1. The van der Waals surface area contributed by atoms with Gasteiger partial charge in [0.15, 0.2) is 11.5 Å². The molecule has 10 rings (SSSR count). The summed E-state index contributed by atoms with van der Waals surface area (Å²) in [5, 5.41) is 11.3. The Kier molecular flexibility index (Phi) is 11.5. The number of aryl methyl sites for hydroxylation is 1. The second-order valence-electron chi connectivity index (χ2n) is 18.1. The molecule has 0 unspecified atom stereocenters.